The number of aromatic nitrogens is 2. The van der Waals surface area contributed by atoms with E-state index in [4.69, 9.17) is 14.4 Å². The molecule has 1 unspecified atom stereocenters. The van der Waals surface area contributed by atoms with E-state index in [9.17, 15) is 0 Å². The van der Waals surface area contributed by atoms with Gasteiger partial charge >= 0.3 is 0 Å². The third-order valence-electron chi connectivity index (χ3n) is 9.32. The summed E-state index contributed by atoms with van der Waals surface area (Å²) in [5.41, 5.74) is 9.60. The van der Waals surface area contributed by atoms with Crippen molar-refractivity contribution in [2.75, 3.05) is 0 Å². The summed E-state index contributed by atoms with van der Waals surface area (Å²) >= 11 is 0. The summed E-state index contributed by atoms with van der Waals surface area (Å²) in [7, 11) is 0. The molecule has 1 atom stereocenters. The van der Waals surface area contributed by atoms with Crippen LogP contribution in [0.25, 0.3) is 76.8 Å². The predicted molar refractivity (Wildman–Crippen MR) is 180 cm³/mol. The predicted octanol–water partition coefficient (Wildman–Crippen LogP) is 10.7. The van der Waals surface area contributed by atoms with E-state index in [0.717, 1.165) is 60.9 Å². The third kappa shape index (κ3) is 3.16. The molecule has 0 bridgehead atoms. The Bertz CT molecular complexity index is 2620. The first kappa shape index (κ1) is 23.7. The molecule has 3 nitrogen and oxygen atoms in total. The van der Waals surface area contributed by atoms with Crippen LogP contribution in [0.15, 0.2) is 144 Å². The molecule has 0 N–H and O–H groups in total. The molecule has 0 fully saturated rings. The number of benzene rings is 7. The van der Waals surface area contributed by atoms with Gasteiger partial charge in [0.2, 0.25) is 0 Å². The molecule has 10 rings (SSSR count). The van der Waals surface area contributed by atoms with Gasteiger partial charge in [0.25, 0.3) is 0 Å². The largest absolute Gasteiger partial charge is 0.456 e. The average molecular weight is 561 g/mol. The molecule has 0 aliphatic heterocycles. The van der Waals surface area contributed by atoms with E-state index in [0.29, 0.717) is 0 Å². The van der Waals surface area contributed by atoms with E-state index < -0.39 is 0 Å². The molecule has 2 aromatic heterocycles. The van der Waals surface area contributed by atoms with Gasteiger partial charge in [-0.1, -0.05) is 127 Å². The molecular formula is C41H24N2O. The molecular weight excluding hydrogens is 536 g/mol. The van der Waals surface area contributed by atoms with Crippen LogP contribution in [0.3, 0.4) is 0 Å². The molecule has 204 valence electrons. The van der Waals surface area contributed by atoms with Gasteiger partial charge < -0.3 is 4.42 Å². The van der Waals surface area contributed by atoms with Crippen LogP contribution in [0.2, 0.25) is 0 Å². The minimum absolute atomic E-state index is 0.195. The average Bonchev–Trinajstić information content (AvgIpc) is 3.65. The Labute approximate surface area is 253 Å². The zero-order chi connectivity index (χ0) is 28.8. The first-order valence-electron chi connectivity index (χ1n) is 15.0. The molecule has 7 aromatic carbocycles. The summed E-state index contributed by atoms with van der Waals surface area (Å²) in [4.78, 5) is 10.9. The first-order chi connectivity index (χ1) is 21.8. The number of fused-ring (bicyclic) bond motifs is 13. The van der Waals surface area contributed by atoms with E-state index in [1.807, 2.05) is 6.07 Å². The summed E-state index contributed by atoms with van der Waals surface area (Å²) in [6.07, 6.45) is 0. The van der Waals surface area contributed by atoms with Gasteiger partial charge in [-0.05, 0) is 45.0 Å². The van der Waals surface area contributed by atoms with Crippen LogP contribution in [0.5, 0.6) is 0 Å². The van der Waals surface area contributed by atoms with E-state index in [-0.39, 0.29) is 5.92 Å². The molecule has 0 radical (unpaired) electrons. The van der Waals surface area contributed by atoms with Gasteiger partial charge in [-0.25, -0.2) is 9.97 Å². The fraction of sp³-hybridized carbons (Fsp3) is 0.0244. The summed E-state index contributed by atoms with van der Waals surface area (Å²) < 4.78 is 6.80. The molecule has 2 heterocycles. The van der Waals surface area contributed by atoms with Crippen molar-refractivity contribution < 1.29 is 4.42 Å². The van der Waals surface area contributed by atoms with Crippen molar-refractivity contribution in [2.45, 2.75) is 5.92 Å². The second kappa shape index (κ2) is 8.85. The zero-order valence-electron chi connectivity index (χ0n) is 23.7. The van der Waals surface area contributed by atoms with Gasteiger partial charge in [0.1, 0.15) is 17.0 Å². The van der Waals surface area contributed by atoms with Crippen LogP contribution < -0.4 is 0 Å². The number of hydrogen-bond donors (Lipinski definition) is 0. The first-order valence-corrected chi connectivity index (χ1v) is 15.0. The Kier molecular flexibility index (Phi) is 4.77. The van der Waals surface area contributed by atoms with Gasteiger partial charge in [-0.3, -0.25) is 0 Å². The van der Waals surface area contributed by atoms with E-state index in [2.05, 4.69) is 133 Å². The Balaban J connectivity index is 1.39. The molecule has 1 aliphatic rings. The molecule has 1 aliphatic carbocycles. The van der Waals surface area contributed by atoms with Gasteiger partial charge in [0.15, 0.2) is 0 Å². The highest BCUT2D eigenvalue weighted by Crippen LogP contribution is 2.55. The van der Waals surface area contributed by atoms with Crippen LogP contribution in [0.1, 0.15) is 22.9 Å². The number of rotatable bonds is 2. The van der Waals surface area contributed by atoms with Crippen molar-refractivity contribution in [3.63, 3.8) is 0 Å². The second-order valence-electron chi connectivity index (χ2n) is 11.6. The fourth-order valence-corrected chi connectivity index (χ4v) is 7.47. The van der Waals surface area contributed by atoms with Crippen LogP contribution in [0, 0.1) is 0 Å². The van der Waals surface area contributed by atoms with E-state index in [1.165, 1.54) is 32.8 Å². The number of nitrogens with zero attached hydrogens (tertiary/aromatic N) is 2. The Morgan fingerprint density at radius 2 is 1.23 bits per heavy atom. The Morgan fingerprint density at radius 1 is 0.523 bits per heavy atom. The second-order valence-corrected chi connectivity index (χ2v) is 11.6. The van der Waals surface area contributed by atoms with E-state index >= 15 is 0 Å². The summed E-state index contributed by atoms with van der Waals surface area (Å²) in [5.74, 6) is 0.593. The maximum absolute atomic E-state index is 6.80. The van der Waals surface area contributed by atoms with Gasteiger partial charge in [0, 0.05) is 32.7 Å². The van der Waals surface area contributed by atoms with Crippen molar-refractivity contribution in [1.29, 1.82) is 0 Å². The molecule has 0 saturated heterocycles. The maximum Gasteiger partial charge on any atom is 0.141 e. The summed E-state index contributed by atoms with van der Waals surface area (Å²) in [6, 6.07) is 49.2. The number of hydrogen-bond acceptors (Lipinski definition) is 3. The fourth-order valence-electron chi connectivity index (χ4n) is 7.47. The highest BCUT2D eigenvalue weighted by molar-refractivity contribution is 6.24. The standard InChI is InChI=1S/C41H24N2O/c1-2-13-25(14-3-1)38-32-23-22-24-12-4-5-15-26(24)39(32)43-41(42-38)36-30-19-9-7-17-28(30)34-27-16-6-8-18-29(27)35-31-20-10-11-21-33(31)44-40(35)37(34)36/h1-23,36H. The molecule has 0 amide bonds. The van der Waals surface area contributed by atoms with Gasteiger partial charge in [-0.2, -0.15) is 0 Å². The van der Waals surface area contributed by atoms with Crippen LogP contribution in [-0.2, 0) is 0 Å². The number of furan rings is 1. The molecule has 0 spiro atoms. The van der Waals surface area contributed by atoms with Gasteiger partial charge in [0.05, 0.1) is 17.1 Å². The lowest BCUT2D eigenvalue weighted by Crippen LogP contribution is -2.07. The molecule has 3 heteroatoms. The normalized spacial score (nSPS) is 14.1. The lowest BCUT2D eigenvalue weighted by Gasteiger charge is -2.17. The van der Waals surface area contributed by atoms with Crippen LogP contribution in [0.4, 0.5) is 0 Å². The van der Waals surface area contributed by atoms with E-state index in [1.54, 1.807) is 0 Å². The topological polar surface area (TPSA) is 38.9 Å². The highest BCUT2D eigenvalue weighted by Gasteiger charge is 2.37. The van der Waals surface area contributed by atoms with Crippen LogP contribution >= 0.6 is 0 Å². The molecule has 0 saturated carbocycles. The monoisotopic (exact) mass is 560 g/mol. The minimum atomic E-state index is -0.195. The van der Waals surface area contributed by atoms with Crippen molar-refractivity contribution >= 4 is 54.4 Å². The Morgan fingerprint density at radius 3 is 2.11 bits per heavy atom. The molecule has 9 aromatic rings. The summed E-state index contributed by atoms with van der Waals surface area (Å²) in [5, 5.41) is 8.07. The SMILES string of the molecule is c1ccc(-c2nc(C3c4ccccc4-c4c3c3oc5ccccc5c3c3ccccc43)nc3c2ccc2ccccc23)cc1. The quantitative estimate of drug-likeness (QED) is 0.197. The Hall–Kier alpha value is -5.80. The lowest BCUT2D eigenvalue weighted by molar-refractivity contribution is 0.661. The zero-order valence-corrected chi connectivity index (χ0v) is 23.7. The number of para-hydroxylation sites is 1. The molecule has 44 heavy (non-hydrogen) atoms. The highest BCUT2D eigenvalue weighted by atomic mass is 16.3. The third-order valence-corrected chi connectivity index (χ3v) is 9.32. The van der Waals surface area contributed by atoms with Gasteiger partial charge in [-0.15, -0.1) is 0 Å². The van der Waals surface area contributed by atoms with Crippen molar-refractivity contribution in [3.8, 4) is 22.4 Å². The smallest absolute Gasteiger partial charge is 0.141 e. The summed E-state index contributed by atoms with van der Waals surface area (Å²) in [6.45, 7) is 0. The minimum Gasteiger partial charge on any atom is -0.456 e. The van der Waals surface area contributed by atoms with Crippen molar-refractivity contribution in [2.24, 2.45) is 0 Å². The van der Waals surface area contributed by atoms with Crippen molar-refractivity contribution in [1.82, 2.24) is 9.97 Å². The lowest BCUT2D eigenvalue weighted by atomic mass is 9.90. The van der Waals surface area contributed by atoms with Crippen LogP contribution in [-0.4, -0.2) is 9.97 Å². The maximum atomic E-state index is 6.80. The van der Waals surface area contributed by atoms with Crippen molar-refractivity contribution in [3.05, 3.63) is 156 Å².